The number of hydrogen-bond acceptors (Lipinski definition) is 5. The van der Waals surface area contributed by atoms with Gasteiger partial charge in [-0.1, -0.05) is 0 Å². The van der Waals surface area contributed by atoms with Crippen LogP contribution < -0.4 is 0 Å². The van der Waals surface area contributed by atoms with Crippen LogP contribution in [0.4, 0.5) is 0 Å². The first-order chi connectivity index (χ1) is 7.22. The first-order valence-electron chi connectivity index (χ1n) is 5.06. The van der Waals surface area contributed by atoms with E-state index in [2.05, 4.69) is 0 Å². The van der Waals surface area contributed by atoms with Crippen LogP contribution in [0.1, 0.15) is 6.42 Å². The summed E-state index contributed by atoms with van der Waals surface area (Å²) in [5.41, 5.74) is 0. The molecule has 0 aromatic carbocycles. The highest BCUT2D eigenvalue weighted by molar-refractivity contribution is 5.76. The third-order valence-corrected chi connectivity index (χ3v) is 2.75. The van der Waals surface area contributed by atoms with Gasteiger partial charge in [0.15, 0.2) is 0 Å². The highest BCUT2D eigenvalue weighted by atomic mass is 16.5. The average molecular weight is 217 g/mol. The molecule has 5 heteroatoms. The molecule has 1 heterocycles. The van der Waals surface area contributed by atoms with E-state index >= 15 is 0 Å². The molecule has 88 valence electrons. The molecule has 5 nitrogen and oxygen atoms in total. The second kappa shape index (κ2) is 6.05. The van der Waals surface area contributed by atoms with Crippen LogP contribution >= 0.6 is 0 Å². The molecule has 0 spiro atoms. The lowest BCUT2D eigenvalue weighted by Gasteiger charge is -2.21. The maximum Gasteiger partial charge on any atom is 0.323 e. The molecule has 15 heavy (non-hydrogen) atoms. The van der Waals surface area contributed by atoms with Crippen LogP contribution in [0, 0.1) is 0 Å². The Morgan fingerprint density at radius 3 is 2.67 bits per heavy atom. The van der Waals surface area contributed by atoms with Gasteiger partial charge in [0.25, 0.3) is 0 Å². The highest BCUT2D eigenvalue weighted by Crippen LogP contribution is 2.20. The summed E-state index contributed by atoms with van der Waals surface area (Å²) in [6, 6.07) is -0.185. The Morgan fingerprint density at radius 2 is 2.13 bits per heavy atom. The molecule has 0 bridgehead atoms. The van der Waals surface area contributed by atoms with Crippen molar-refractivity contribution in [3.05, 3.63) is 0 Å². The molecule has 1 rings (SSSR count). The van der Waals surface area contributed by atoms with Crippen LogP contribution in [0.15, 0.2) is 0 Å². The average Bonchev–Trinajstić information content (AvgIpc) is 2.68. The van der Waals surface area contributed by atoms with Crippen molar-refractivity contribution in [2.24, 2.45) is 0 Å². The van der Waals surface area contributed by atoms with Gasteiger partial charge in [-0.05, 0) is 0 Å². The van der Waals surface area contributed by atoms with Crippen LogP contribution in [-0.4, -0.2) is 64.0 Å². The zero-order valence-corrected chi connectivity index (χ0v) is 9.56. The van der Waals surface area contributed by atoms with Crippen LogP contribution in [-0.2, 0) is 19.0 Å². The van der Waals surface area contributed by atoms with Crippen LogP contribution in [0.5, 0.6) is 0 Å². The van der Waals surface area contributed by atoms with Gasteiger partial charge in [0.1, 0.15) is 6.04 Å². The molecule has 0 N–H and O–H groups in total. The van der Waals surface area contributed by atoms with E-state index in [4.69, 9.17) is 14.2 Å². The van der Waals surface area contributed by atoms with E-state index in [0.717, 1.165) is 13.1 Å². The van der Waals surface area contributed by atoms with Crippen molar-refractivity contribution in [1.82, 2.24) is 4.90 Å². The zero-order valence-electron chi connectivity index (χ0n) is 9.56. The van der Waals surface area contributed by atoms with E-state index in [1.165, 1.54) is 7.11 Å². The first kappa shape index (κ1) is 12.4. The number of likely N-dealkylation sites (tertiary alicyclic amines) is 1. The Morgan fingerprint density at radius 1 is 1.40 bits per heavy atom. The van der Waals surface area contributed by atoms with Crippen molar-refractivity contribution in [2.75, 3.05) is 41.0 Å². The third kappa shape index (κ3) is 3.15. The predicted octanol–water partition coefficient (Wildman–Crippen LogP) is -0.105. The Labute approximate surface area is 90.3 Å². The fourth-order valence-corrected chi connectivity index (χ4v) is 1.87. The molecule has 1 fully saturated rings. The molecule has 1 aliphatic rings. The third-order valence-electron chi connectivity index (χ3n) is 2.75. The topological polar surface area (TPSA) is 48.0 Å². The van der Waals surface area contributed by atoms with Gasteiger partial charge in [-0.2, -0.15) is 0 Å². The standard InChI is InChI=1S/C10H19NO4/c1-13-5-4-11-7-8(14-2)6-9(11)10(12)15-3/h8-9H,4-7H2,1-3H3/t8-,9+/m1/s1. The summed E-state index contributed by atoms with van der Waals surface area (Å²) in [7, 11) is 4.73. The Hall–Kier alpha value is -0.650. The molecule has 0 aliphatic carbocycles. The van der Waals surface area contributed by atoms with Crippen molar-refractivity contribution in [1.29, 1.82) is 0 Å². The summed E-state index contributed by atoms with van der Waals surface area (Å²) in [4.78, 5) is 13.5. The fourth-order valence-electron chi connectivity index (χ4n) is 1.87. The van der Waals surface area contributed by atoms with Crippen molar-refractivity contribution < 1.29 is 19.0 Å². The van der Waals surface area contributed by atoms with Gasteiger partial charge >= 0.3 is 5.97 Å². The van der Waals surface area contributed by atoms with Gasteiger partial charge in [-0.3, -0.25) is 9.69 Å². The van der Waals surface area contributed by atoms with Crippen molar-refractivity contribution in [3.63, 3.8) is 0 Å². The highest BCUT2D eigenvalue weighted by Gasteiger charge is 2.37. The molecule has 0 aromatic heterocycles. The van der Waals surface area contributed by atoms with E-state index in [1.54, 1.807) is 14.2 Å². The Bertz CT molecular complexity index is 210. The van der Waals surface area contributed by atoms with Gasteiger partial charge in [0, 0.05) is 33.7 Å². The number of rotatable bonds is 5. The zero-order chi connectivity index (χ0) is 11.3. The van der Waals surface area contributed by atoms with Gasteiger partial charge in [0.2, 0.25) is 0 Å². The molecule has 1 saturated heterocycles. The number of carbonyl (C=O) groups is 1. The summed E-state index contributed by atoms with van der Waals surface area (Å²) >= 11 is 0. The molecule has 0 saturated carbocycles. The lowest BCUT2D eigenvalue weighted by Crippen LogP contribution is -2.38. The molecule has 0 aromatic rings. The smallest absolute Gasteiger partial charge is 0.323 e. The van der Waals surface area contributed by atoms with E-state index in [0.29, 0.717) is 13.0 Å². The molecule has 0 amide bonds. The lowest BCUT2D eigenvalue weighted by atomic mass is 10.2. The van der Waals surface area contributed by atoms with E-state index in [1.807, 2.05) is 4.90 Å². The van der Waals surface area contributed by atoms with Crippen LogP contribution in [0.3, 0.4) is 0 Å². The van der Waals surface area contributed by atoms with E-state index in [9.17, 15) is 4.79 Å². The molecule has 2 atom stereocenters. The Kier molecular flexibility index (Phi) is 5.01. The van der Waals surface area contributed by atoms with Gasteiger partial charge in [-0.15, -0.1) is 0 Å². The summed E-state index contributed by atoms with van der Waals surface area (Å²) in [5.74, 6) is -0.189. The SMILES string of the molecule is COCCN1C[C@H](OC)C[C@H]1C(=O)OC. The minimum Gasteiger partial charge on any atom is -0.468 e. The van der Waals surface area contributed by atoms with Crippen molar-refractivity contribution >= 4 is 5.97 Å². The number of esters is 1. The molecule has 1 aliphatic heterocycles. The fraction of sp³-hybridized carbons (Fsp3) is 0.900. The largest absolute Gasteiger partial charge is 0.468 e. The summed E-state index contributed by atoms with van der Waals surface area (Å²) in [6.45, 7) is 2.11. The van der Waals surface area contributed by atoms with Crippen LogP contribution in [0.2, 0.25) is 0 Å². The van der Waals surface area contributed by atoms with Crippen molar-refractivity contribution in [2.45, 2.75) is 18.6 Å². The minimum atomic E-state index is -0.189. The Balaban J connectivity index is 2.53. The maximum absolute atomic E-state index is 11.5. The number of carbonyl (C=O) groups excluding carboxylic acids is 1. The predicted molar refractivity (Wildman–Crippen MR) is 54.7 cm³/mol. The number of nitrogens with zero attached hydrogens (tertiary/aromatic N) is 1. The van der Waals surface area contributed by atoms with E-state index in [-0.39, 0.29) is 18.1 Å². The number of methoxy groups -OCH3 is 3. The molecular weight excluding hydrogens is 198 g/mol. The first-order valence-corrected chi connectivity index (χ1v) is 5.06. The van der Waals surface area contributed by atoms with Crippen molar-refractivity contribution in [3.8, 4) is 0 Å². The summed E-state index contributed by atoms with van der Waals surface area (Å²) in [6.07, 6.45) is 0.818. The molecule has 0 unspecified atom stereocenters. The second-order valence-electron chi connectivity index (χ2n) is 3.62. The monoisotopic (exact) mass is 217 g/mol. The lowest BCUT2D eigenvalue weighted by molar-refractivity contribution is -0.146. The van der Waals surface area contributed by atoms with Gasteiger partial charge in [-0.25, -0.2) is 0 Å². The van der Waals surface area contributed by atoms with Gasteiger partial charge < -0.3 is 14.2 Å². The van der Waals surface area contributed by atoms with E-state index < -0.39 is 0 Å². The normalized spacial score (nSPS) is 26.9. The second-order valence-corrected chi connectivity index (χ2v) is 3.62. The molecular formula is C10H19NO4. The minimum absolute atomic E-state index is 0.117. The maximum atomic E-state index is 11.5. The quantitative estimate of drug-likeness (QED) is 0.602. The van der Waals surface area contributed by atoms with Crippen LogP contribution in [0.25, 0.3) is 0 Å². The number of hydrogen-bond donors (Lipinski definition) is 0. The van der Waals surface area contributed by atoms with Gasteiger partial charge in [0.05, 0.1) is 19.8 Å². The number of ether oxygens (including phenoxy) is 3. The summed E-state index contributed by atoms with van der Waals surface area (Å²) < 4.78 is 15.0. The summed E-state index contributed by atoms with van der Waals surface area (Å²) in [5, 5.41) is 0. The molecule has 0 radical (unpaired) electrons.